The summed E-state index contributed by atoms with van der Waals surface area (Å²) in [5.41, 5.74) is 2.06. The maximum atomic E-state index is 11.2. The van der Waals surface area contributed by atoms with Crippen LogP contribution in [0.5, 0.6) is 0 Å². The zero-order chi connectivity index (χ0) is 13.0. The molecule has 1 aliphatic carbocycles. The number of hydrogen-bond donors (Lipinski definition) is 2. The fourth-order valence-corrected chi connectivity index (χ4v) is 3.47. The molecule has 0 radical (unpaired) electrons. The summed E-state index contributed by atoms with van der Waals surface area (Å²) in [5.74, 6) is 0.144. The summed E-state index contributed by atoms with van der Waals surface area (Å²) in [6.45, 7) is 0.538. The molecule has 5 nitrogen and oxygen atoms in total. The SMILES string of the molecule is O=C(O)C1CN[C@@H]2Cc3onc4cccc(c34)C2C1. The smallest absolute Gasteiger partial charge is 0.307 e. The molecule has 3 atom stereocenters. The summed E-state index contributed by atoms with van der Waals surface area (Å²) in [7, 11) is 0. The Labute approximate surface area is 109 Å². The van der Waals surface area contributed by atoms with E-state index in [2.05, 4.69) is 16.5 Å². The summed E-state index contributed by atoms with van der Waals surface area (Å²) in [5, 5.41) is 17.7. The van der Waals surface area contributed by atoms with Crippen molar-refractivity contribution in [1.82, 2.24) is 10.5 Å². The van der Waals surface area contributed by atoms with Crippen LogP contribution in [0.1, 0.15) is 23.7 Å². The molecule has 1 saturated heterocycles. The van der Waals surface area contributed by atoms with Crippen LogP contribution in [0.15, 0.2) is 22.7 Å². The molecular formula is C14H14N2O3. The van der Waals surface area contributed by atoms with Gasteiger partial charge in [-0.25, -0.2) is 0 Å². The van der Waals surface area contributed by atoms with Crippen LogP contribution in [-0.2, 0) is 11.2 Å². The summed E-state index contributed by atoms with van der Waals surface area (Å²) < 4.78 is 5.41. The number of benzene rings is 1. The molecule has 0 saturated carbocycles. The highest BCUT2D eigenvalue weighted by atomic mass is 16.5. The number of fused-ring (bicyclic) bond motifs is 2. The van der Waals surface area contributed by atoms with Crippen molar-refractivity contribution in [2.75, 3.05) is 6.54 Å². The first kappa shape index (κ1) is 11.0. The molecule has 2 aliphatic rings. The molecule has 98 valence electrons. The second-order valence-corrected chi connectivity index (χ2v) is 5.44. The lowest BCUT2D eigenvalue weighted by molar-refractivity contribution is -0.142. The number of piperidine rings is 1. The average molecular weight is 258 g/mol. The number of carboxylic acid groups (broad SMARTS) is 1. The van der Waals surface area contributed by atoms with Gasteiger partial charge in [0.1, 0.15) is 11.3 Å². The molecule has 2 aromatic rings. The number of aromatic nitrogens is 1. The highest BCUT2D eigenvalue weighted by Crippen LogP contribution is 2.41. The lowest BCUT2D eigenvalue weighted by Crippen LogP contribution is -2.48. The second-order valence-electron chi connectivity index (χ2n) is 5.44. The van der Waals surface area contributed by atoms with Crippen LogP contribution in [0.2, 0.25) is 0 Å². The van der Waals surface area contributed by atoms with E-state index in [9.17, 15) is 9.90 Å². The lowest BCUT2D eigenvalue weighted by atomic mass is 9.74. The van der Waals surface area contributed by atoms with Gasteiger partial charge in [-0.2, -0.15) is 0 Å². The van der Waals surface area contributed by atoms with Gasteiger partial charge in [-0.15, -0.1) is 0 Å². The van der Waals surface area contributed by atoms with Crippen molar-refractivity contribution in [3.63, 3.8) is 0 Å². The van der Waals surface area contributed by atoms with E-state index >= 15 is 0 Å². The van der Waals surface area contributed by atoms with Crippen LogP contribution in [0.3, 0.4) is 0 Å². The monoisotopic (exact) mass is 258 g/mol. The first-order chi connectivity index (χ1) is 9.24. The summed E-state index contributed by atoms with van der Waals surface area (Å²) in [4.78, 5) is 11.2. The highest BCUT2D eigenvalue weighted by molar-refractivity contribution is 5.86. The van der Waals surface area contributed by atoms with Gasteiger partial charge in [0.25, 0.3) is 0 Å². The van der Waals surface area contributed by atoms with Crippen molar-refractivity contribution in [3.05, 3.63) is 29.5 Å². The van der Waals surface area contributed by atoms with Gasteiger partial charge in [-0.1, -0.05) is 17.3 Å². The topological polar surface area (TPSA) is 75.4 Å². The molecule has 1 aromatic heterocycles. The van der Waals surface area contributed by atoms with Crippen molar-refractivity contribution in [2.24, 2.45) is 5.92 Å². The number of rotatable bonds is 1. The largest absolute Gasteiger partial charge is 0.481 e. The number of carbonyl (C=O) groups is 1. The van der Waals surface area contributed by atoms with Crippen LogP contribution in [-0.4, -0.2) is 28.8 Å². The molecule has 1 aliphatic heterocycles. The van der Waals surface area contributed by atoms with E-state index in [1.165, 1.54) is 5.56 Å². The van der Waals surface area contributed by atoms with Crippen molar-refractivity contribution >= 4 is 16.9 Å². The van der Waals surface area contributed by atoms with Crippen LogP contribution in [0.4, 0.5) is 0 Å². The van der Waals surface area contributed by atoms with Gasteiger partial charge in [0.2, 0.25) is 0 Å². The van der Waals surface area contributed by atoms with Crippen LogP contribution in [0, 0.1) is 5.92 Å². The van der Waals surface area contributed by atoms with Gasteiger partial charge in [0, 0.05) is 30.3 Å². The van der Waals surface area contributed by atoms with Gasteiger partial charge >= 0.3 is 5.97 Å². The van der Waals surface area contributed by atoms with E-state index in [1.54, 1.807) is 0 Å². The van der Waals surface area contributed by atoms with Crippen molar-refractivity contribution in [1.29, 1.82) is 0 Å². The van der Waals surface area contributed by atoms with Crippen LogP contribution in [0.25, 0.3) is 10.9 Å². The van der Waals surface area contributed by atoms with Gasteiger partial charge in [0.05, 0.1) is 5.92 Å². The quantitative estimate of drug-likeness (QED) is 0.811. The molecule has 0 bridgehead atoms. The zero-order valence-electron chi connectivity index (χ0n) is 10.3. The first-order valence-corrected chi connectivity index (χ1v) is 6.57. The minimum Gasteiger partial charge on any atom is -0.481 e. The Hall–Kier alpha value is -1.88. The van der Waals surface area contributed by atoms with Gasteiger partial charge < -0.3 is 14.9 Å². The Morgan fingerprint density at radius 1 is 1.47 bits per heavy atom. The Balaban J connectivity index is 1.82. The molecule has 0 amide bonds. The molecular weight excluding hydrogens is 244 g/mol. The third kappa shape index (κ3) is 1.51. The standard InChI is InChI=1S/C14H14N2O3/c17-14(18)7-4-9-8-2-1-3-10-13(8)12(19-16-10)5-11(9)15-6-7/h1-3,7,9,11,15H,4-6H2,(H,17,18)/t7?,9?,11-/m1/s1. The molecule has 2 unspecified atom stereocenters. The Kier molecular flexibility index (Phi) is 2.20. The number of carboxylic acids is 1. The Morgan fingerprint density at radius 3 is 3.21 bits per heavy atom. The van der Waals surface area contributed by atoms with E-state index < -0.39 is 5.97 Å². The molecule has 1 aromatic carbocycles. The Bertz CT molecular complexity index is 664. The van der Waals surface area contributed by atoms with Gasteiger partial charge in [-0.05, 0) is 18.1 Å². The summed E-state index contributed by atoms with van der Waals surface area (Å²) in [6, 6.07) is 6.25. The zero-order valence-corrected chi connectivity index (χ0v) is 10.3. The summed E-state index contributed by atoms with van der Waals surface area (Å²) in [6.07, 6.45) is 1.49. The van der Waals surface area contributed by atoms with Crippen molar-refractivity contribution < 1.29 is 14.4 Å². The minimum absolute atomic E-state index is 0.241. The van der Waals surface area contributed by atoms with E-state index in [4.69, 9.17) is 4.52 Å². The molecule has 2 heterocycles. The first-order valence-electron chi connectivity index (χ1n) is 6.57. The number of nitrogens with zero attached hydrogens (tertiary/aromatic N) is 1. The fourth-order valence-electron chi connectivity index (χ4n) is 3.47. The maximum absolute atomic E-state index is 11.2. The van der Waals surface area contributed by atoms with Crippen molar-refractivity contribution in [2.45, 2.75) is 24.8 Å². The van der Waals surface area contributed by atoms with Gasteiger partial charge in [0.15, 0.2) is 0 Å². The van der Waals surface area contributed by atoms with Crippen LogP contribution < -0.4 is 5.32 Å². The van der Waals surface area contributed by atoms with Gasteiger partial charge in [-0.3, -0.25) is 4.79 Å². The van der Waals surface area contributed by atoms with Crippen molar-refractivity contribution in [3.8, 4) is 0 Å². The number of hydrogen-bond acceptors (Lipinski definition) is 4. The minimum atomic E-state index is -0.714. The van der Waals surface area contributed by atoms with E-state index in [0.29, 0.717) is 13.0 Å². The molecule has 19 heavy (non-hydrogen) atoms. The normalized spacial score (nSPS) is 29.2. The molecule has 5 heteroatoms. The lowest BCUT2D eigenvalue weighted by Gasteiger charge is -2.38. The van der Waals surface area contributed by atoms with Crippen LogP contribution >= 0.6 is 0 Å². The van der Waals surface area contributed by atoms with E-state index in [1.807, 2.05) is 12.1 Å². The maximum Gasteiger partial charge on any atom is 0.307 e. The van der Waals surface area contributed by atoms with E-state index in [0.717, 1.165) is 23.1 Å². The molecule has 2 N–H and O–H groups in total. The average Bonchev–Trinajstić information content (AvgIpc) is 2.83. The van der Waals surface area contributed by atoms with E-state index in [-0.39, 0.29) is 17.9 Å². The summed E-state index contributed by atoms with van der Waals surface area (Å²) >= 11 is 0. The highest BCUT2D eigenvalue weighted by Gasteiger charge is 2.39. The molecule has 0 spiro atoms. The fraction of sp³-hybridized carbons (Fsp3) is 0.429. The predicted molar refractivity (Wildman–Crippen MR) is 68.0 cm³/mol. The third-order valence-corrected chi connectivity index (χ3v) is 4.41. The Morgan fingerprint density at radius 2 is 2.37 bits per heavy atom. The molecule has 1 fully saturated rings. The predicted octanol–water partition coefficient (Wildman–Crippen LogP) is 1.53. The molecule has 4 rings (SSSR count). The number of nitrogens with one attached hydrogen (secondary N) is 1. The third-order valence-electron chi connectivity index (χ3n) is 4.41. The second kappa shape index (κ2) is 3.81. The number of aliphatic carboxylic acids is 1.